The van der Waals surface area contributed by atoms with E-state index in [9.17, 15) is 0 Å². The Bertz CT molecular complexity index is 2040. The molecule has 1 heteroatoms. The lowest BCUT2D eigenvalue weighted by molar-refractivity contribution is 0.467. The van der Waals surface area contributed by atoms with E-state index in [-0.39, 0.29) is 0 Å². The Morgan fingerprint density at radius 2 is 1.82 bits per heavy atom. The molecule has 0 spiro atoms. The number of aliphatic imine (C=N–C) groups is 1. The Hall–Kier alpha value is -4.71. The van der Waals surface area contributed by atoms with Crippen molar-refractivity contribution in [3.63, 3.8) is 0 Å². The fourth-order valence-corrected chi connectivity index (χ4v) is 8.30. The van der Waals surface area contributed by atoms with Crippen LogP contribution in [0.25, 0.3) is 10.8 Å². The lowest BCUT2D eigenvalue weighted by Gasteiger charge is -2.29. The highest BCUT2D eigenvalue weighted by atomic mass is 14.8. The molecule has 0 heterocycles. The number of rotatable bonds is 9. The molecule has 3 aromatic rings. The first-order valence-corrected chi connectivity index (χ1v) is 18.5. The van der Waals surface area contributed by atoms with Crippen LogP contribution < -0.4 is 0 Å². The molecule has 0 fully saturated rings. The van der Waals surface area contributed by atoms with Crippen molar-refractivity contribution in [1.82, 2.24) is 0 Å². The minimum absolute atomic E-state index is 0.460. The number of allylic oxidation sites excluding steroid dienone is 15. The highest BCUT2D eigenvalue weighted by Crippen LogP contribution is 2.43. The summed E-state index contributed by atoms with van der Waals surface area (Å²) < 4.78 is 0. The maximum absolute atomic E-state index is 5.54. The van der Waals surface area contributed by atoms with Gasteiger partial charge in [0.1, 0.15) is 0 Å². The van der Waals surface area contributed by atoms with Crippen molar-refractivity contribution in [3.8, 4) is 0 Å². The summed E-state index contributed by atoms with van der Waals surface area (Å²) in [4.78, 5) is 5.54. The Kier molecular flexibility index (Phi) is 10.2. The minimum atomic E-state index is 0.460. The van der Waals surface area contributed by atoms with Gasteiger partial charge in [-0.25, -0.2) is 0 Å². The van der Waals surface area contributed by atoms with Crippen LogP contribution in [0.1, 0.15) is 82.4 Å². The SMILES string of the molecule is CC=CC1=C(CC)C2=C(C=CCC2)/C(=C(/CCc2ccc3ccccc3c2)N=C(C)c2ccc(CC3=CCCC4C=CC=C=CC34)cc2)C1. The third kappa shape index (κ3) is 7.34. The Morgan fingerprint density at radius 1 is 0.980 bits per heavy atom. The molecule has 0 aliphatic heterocycles. The molecule has 2 atom stereocenters. The fourth-order valence-electron chi connectivity index (χ4n) is 8.30. The molecule has 0 saturated carbocycles. The zero-order valence-corrected chi connectivity index (χ0v) is 29.5. The van der Waals surface area contributed by atoms with E-state index in [1.165, 1.54) is 73.0 Å². The van der Waals surface area contributed by atoms with Gasteiger partial charge < -0.3 is 0 Å². The van der Waals surface area contributed by atoms with Crippen LogP contribution in [0.15, 0.2) is 171 Å². The van der Waals surface area contributed by atoms with E-state index in [0.29, 0.717) is 11.8 Å². The first-order chi connectivity index (χ1) is 24.1. The predicted octanol–water partition coefficient (Wildman–Crippen LogP) is 12.6. The number of fused-ring (bicyclic) bond motifs is 2. The van der Waals surface area contributed by atoms with Gasteiger partial charge in [-0.3, -0.25) is 4.99 Å². The van der Waals surface area contributed by atoms with Crippen LogP contribution in [0.2, 0.25) is 0 Å². The molecule has 0 N–H and O–H groups in total. The lowest BCUT2D eigenvalue weighted by atomic mass is 9.76. The number of aryl methyl sites for hydroxylation is 1. The molecule has 4 aliphatic rings. The topological polar surface area (TPSA) is 12.4 Å². The molecule has 0 aromatic heterocycles. The molecular formula is C48H49N. The van der Waals surface area contributed by atoms with Crippen LogP contribution in [-0.4, -0.2) is 5.71 Å². The van der Waals surface area contributed by atoms with E-state index < -0.39 is 0 Å². The van der Waals surface area contributed by atoms with Crippen LogP contribution >= 0.6 is 0 Å². The first-order valence-electron chi connectivity index (χ1n) is 18.5. The third-order valence-electron chi connectivity index (χ3n) is 10.9. The van der Waals surface area contributed by atoms with E-state index >= 15 is 0 Å². The van der Waals surface area contributed by atoms with Crippen molar-refractivity contribution in [2.45, 2.75) is 78.6 Å². The number of nitrogens with zero attached hydrogens (tertiary/aromatic N) is 1. The normalized spacial score (nSPS) is 21.7. The molecule has 7 rings (SSSR count). The summed E-state index contributed by atoms with van der Waals surface area (Å²) in [6.45, 7) is 6.66. The highest BCUT2D eigenvalue weighted by molar-refractivity contribution is 5.99. The van der Waals surface area contributed by atoms with Crippen molar-refractivity contribution < 1.29 is 0 Å². The largest absolute Gasteiger partial charge is 0.257 e. The highest BCUT2D eigenvalue weighted by Gasteiger charge is 2.26. The molecule has 0 saturated heterocycles. The molecule has 49 heavy (non-hydrogen) atoms. The Balaban J connectivity index is 1.21. The number of benzene rings is 3. The van der Waals surface area contributed by atoms with Gasteiger partial charge in [0.05, 0.1) is 0 Å². The van der Waals surface area contributed by atoms with Crippen molar-refractivity contribution in [2.24, 2.45) is 16.8 Å². The van der Waals surface area contributed by atoms with Crippen LogP contribution in [0, 0.1) is 11.8 Å². The van der Waals surface area contributed by atoms with Gasteiger partial charge in [0.15, 0.2) is 0 Å². The third-order valence-corrected chi connectivity index (χ3v) is 10.9. The predicted molar refractivity (Wildman–Crippen MR) is 210 cm³/mol. The van der Waals surface area contributed by atoms with Crippen LogP contribution in [0.4, 0.5) is 0 Å². The molecule has 0 amide bonds. The van der Waals surface area contributed by atoms with Crippen molar-refractivity contribution >= 4 is 16.5 Å². The zero-order valence-electron chi connectivity index (χ0n) is 29.5. The molecule has 0 radical (unpaired) electrons. The summed E-state index contributed by atoms with van der Waals surface area (Å²) in [7, 11) is 0. The molecule has 246 valence electrons. The molecule has 0 bridgehead atoms. The summed E-state index contributed by atoms with van der Waals surface area (Å²) in [5, 5.41) is 2.60. The summed E-state index contributed by atoms with van der Waals surface area (Å²) in [6, 6.07) is 24.8. The second-order valence-electron chi connectivity index (χ2n) is 14.0. The van der Waals surface area contributed by atoms with Gasteiger partial charge in [-0.15, -0.1) is 5.73 Å². The average molecular weight is 640 g/mol. The molecule has 2 unspecified atom stereocenters. The van der Waals surface area contributed by atoms with Crippen molar-refractivity contribution in [1.29, 1.82) is 0 Å². The summed E-state index contributed by atoms with van der Waals surface area (Å²) in [5.74, 6) is 1.05. The second kappa shape index (κ2) is 15.2. The minimum Gasteiger partial charge on any atom is -0.257 e. The summed E-state index contributed by atoms with van der Waals surface area (Å²) >= 11 is 0. The second-order valence-corrected chi connectivity index (χ2v) is 14.0. The lowest BCUT2D eigenvalue weighted by Crippen LogP contribution is -2.18. The standard InChI is InChI=1S/C48H49N/c1-4-14-41-33-47(46-22-12-11-21-45(46)43(41)5-2)48(30-26-36-25-29-38-15-9-10-17-40(38)31-36)49-34(3)37-27-23-35(24-28-37)32-42-19-13-18-39-16-7-6-8-20-44(39)42/h4,6-7,9-10,12,14-17,19-20,22-25,27-29,31,39,44H,5,11,13,18,21,26,30,32-33H2,1-3H3/b14-4?,48-47-,49-34?. The van der Waals surface area contributed by atoms with Gasteiger partial charge in [0, 0.05) is 23.7 Å². The summed E-state index contributed by atoms with van der Waals surface area (Å²) in [5.41, 5.74) is 18.5. The van der Waals surface area contributed by atoms with Crippen LogP contribution in [0.3, 0.4) is 0 Å². The maximum atomic E-state index is 5.54. The molecular weight excluding hydrogens is 591 g/mol. The molecule has 4 aliphatic carbocycles. The smallest absolute Gasteiger partial charge is 0.0451 e. The monoisotopic (exact) mass is 639 g/mol. The fraction of sp³-hybridized carbons (Fsp3) is 0.292. The summed E-state index contributed by atoms with van der Waals surface area (Å²) in [6.07, 6.45) is 30.1. The quantitative estimate of drug-likeness (QED) is 0.125. The van der Waals surface area contributed by atoms with Gasteiger partial charge in [-0.1, -0.05) is 122 Å². The van der Waals surface area contributed by atoms with E-state index in [1.54, 1.807) is 0 Å². The van der Waals surface area contributed by atoms with Crippen molar-refractivity contribution in [2.75, 3.05) is 0 Å². The van der Waals surface area contributed by atoms with Crippen LogP contribution in [-0.2, 0) is 12.8 Å². The zero-order chi connectivity index (χ0) is 33.6. The van der Waals surface area contributed by atoms with Gasteiger partial charge in [-0.05, 0) is 139 Å². The van der Waals surface area contributed by atoms with Crippen LogP contribution in [0.5, 0.6) is 0 Å². The van der Waals surface area contributed by atoms with E-state index in [0.717, 1.165) is 57.1 Å². The Labute approximate surface area is 294 Å². The van der Waals surface area contributed by atoms with Gasteiger partial charge in [0.25, 0.3) is 0 Å². The van der Waals surface area contributed by atoms with Gasteiger partial charge >= 0.3 is 0 Å². The first kappa shape index (κ1) is 32.8. The molecule has 3 aromatic carbocycles. The Morgan fingerprint density at radius 3 is 2.65 bits per heavy atom. The van der Waals surface area contributed by atoms with E-state index in [2.05, 4.69) is 142 Å². The van der Waals surface area contributed by atoms with E-state index in [4.69, 9.17) is 4.99 Å². The number of hydrogen-bond acceptors (Lipinski definition) is 1. The molecule has 1 nitrogen and oxygen atoms in total. The van der Waals surface area contributed by atoms with Gasteiger partial charge in [-0.2, -0.15) is 0 Å². The average Bonchev–Trinajstić information content (AvgIpc) is 3.40. The van der Waals surface area contributed by atoms with Gasteiger partial charge in [0.2, 0.25) is 0 Å². The number of hydrogen-bond donors (Lipinski definition) is 0. The maximum Gasteiger partial charge on any atom is 0.0451 e. The van der Waals surface area contributed by atoms with Crippen molar-refractivity contribution in [3.05, 3.63) is 183 Å². The van der Waals surface area contributed by atoms with E-state index in [1.807, 2.05) is 6.08 Å².